The van der Waals surface area contributed by atoms with E-state index in [1.165, 1.54) is 25.0 Å². The van der Waals surface area contributed by atoms with Crippen molar-refractivity contribution >= 4 is 23.2 Å². The molecule has 3 rings (SSSR count). The summed E-state index contributed by atoms with van der Waals surface area (Å²) in [6.45, 7) is 5.89. The normalized spacial score (nSPS) is 18.6. The minimum absolute atomic E-state index is 0.0168. The van der Waals surface area contributed by atoms with Gasteiger partial charge in [0.2, 0.25) is 11.8 Å². The lowest BCUT2D eigenvalue weighted by molar-refractivity contribution is -0.384. The van der Waals surface area contributed by atoms with Gasteiger partial charge in [-0.05, 0) is 57.3 Å². The van der Waals surface area contributed by atoms with Crippen LogP contribution in [0.4, 0.5) is 11.4 Å². The predicted molar refractivity (Wildman–Crippen MR) is 115 cm³/mol. The third-order valence-electron chi connectivity index (χ3n) is 6.20. The van der Waals surface area contributed by atoms with Crippen LogP contribution in [0.25, 0.3) is 0 Å². The van der Waals surface area contributed by atoms with Crippen LogP contribution >= 0.6 is 0 Å². The number of nitrogens with zero attached hydrogens (tertiary/aromatic N) is 3. The summed E-state index contributed by atoms with van der Waals surface area (Å²) in [6, 6.07) is 4.43. The highest BCUT2D eigenvalue weighted by atomic mass is 16.6. The summed E-state index contributed by atoms with van der Waals surface area (Å²) >= 11 is 0. The number of piperidine rings is 1. The van der Waals surface area contributed by atoms with Gasteiger partial charge in [0.05, 0.1) is 4.92 Å². The van der Waals surface area contributed by atoms with Crippen molar-refractivity contribution in [2.24, 2.45) is 5.92 Å². The number of nitrogens with one attached hydrogen (secondary N) is 1. The molecule has 1 aromatic rings. The van der Waals surface area contributed by atoms with E-state index in [-0.39, 0.29) is 17.5 Å². The summed E-state index contributed by atoms with van der Waals surface area (Å²) in [4.78, 5) is 39.8. The number of aryl methyl sites for hydroxylation is 1. The van der Waals surface area contributed by atoms with E-state index >= 15 is 0 Å². The number of carbonyl (C=O) groups is 2. The van der Waals surface area contributed by atoms with Crippen molar-refractivity contribution in [3.63, 3.8) is 0 Å². The number of non-ortho nitro benzene ring substituents is 1. The molecule has 0 aromatic heterocycles. The molecule has 1 aromatic carbocycles. The first-order chi connectivity index (χ1) is 14.4. The number of nitro benzene ring substituents is 1. The molecule has 0 bridgehead atoms. The monoisotopic (exact) mass is 416 g/mol. The molecular formula is C22H32N4O4. The van der Waals surface area contributed by atoms with E-state index in [1.807, 2.05) is 0 Å². The number of amides is 2. The lowest BCUT2D eigenvalue weighted by Crippen LogP contribution is -2.43. The molecule has 0 unspecified atom stereocenters. The largest absolute Gasteiger partial charge is 0.342 e. The van der Waals surface area contributed by atoms with Crippen LogP contribution in [-0.4, -0.2) is 59.3 Å². The lowest BCUT2D eigenvalue weighted by atomic mass is 9.95. The zero-order valence-corrected chi connectivity index (χ0v) is 17.8. The van der Waals surface area contributed by atoms with Crippen LogP contribution < -0.4 is 5.32 Å². The van der Waals surface area contributed by atoms with Gasteiger partial charge < -0.3 is 15.1 Å². The molecular weight excluding hydrogens is 384 g/mol. The van der Waals surface area contributed by atoms with Gasteiger partial charge in [-0.1, -0.05) is 12.8 Å². The molecule has 8 heteroatoms. The smallest absolute Gasteiger partial charge is 0.269 e. The van der Waals surface area contributed by atoms with Gasteiger partial charge in [0.1, 0.15) is 0 Å². The highest BCUT2D eigenvalue weighted by molar-refractivity contribution is 5.91. The van der Waals surface area contributed by atoms with Gasteiger partial charge in [0.15, 0.2) is 0 Å². The molecule has 164 valence electrons. The summed E-state index contributed by atoms with van der Waals surface area (Å²) in [5, 5.41) is 13.7. The quantitative estimate of drug-likeness (QED) is 0.567. The molecule has 2 amide bonds. The number of hydrogen-bond acceptors (Lipinski definition) is 5. The highest BCUT2D eigenvalue weighted by Crippen LogP contribution is 2.23. The van der Waals surface area contributed by atoms with Gasteiger partial charge in [0, 0.05) is 49.8 Å². The van der Waals surface area contributed by atoms with Crippen molar-refractivity contribution in [1.29, 1.82) is 0 Å². The van der Waals surface area contributed by atoms with E-state index < -0.39 is 4.92 Å². The van der Waals surface area contributed by atoms with Gasteiger partial charge in [-0.15, -0.1) is 0 Å². The molecule has 2 heterocycles. The van der Waals surface area contributed by atoms with Crippen LogP contribution in [-0.2, 0) is 9.59 Å². The maximum absolute atomic E-state index is 12.8. The summed E-state index contributed by atoms with van der Waals surface area (Å²) in [7, 11) is 0. The van der Waals surface area contributed by atoms with Gasteiger partial charge >= 0.3 is 0 Å². The van der Waals surface area contributed by atoms with Crippen LogP contribution in [0.15, 0.2) is 18.2 Å². The Morgan fingerprint density at radius 3 is 2.37 bits per heavy atom. The number of benzene rings is 1. The SMILES string of the molecule is Cc1cc([N+](=O)[O-])ccc1NC(=O)CCN1CCC(C(=O)N2CCCCCC2)CC1. The second kappa shape index (κ2) is 10.5. The Morgan fingerprint density at radius 2 is 1.77 bits per heavy atom. The minimum atomic E-state index is -0.445. The molecule has 30 heavy (non-hydrogen) atoms. The second-order valence-corrected chi connectivity index (χ2v) is 8.41. The van der Waals surface area contributed by atoms with E-state index in [4.69, 9.17) is 0 Å². The van der Waals surface area contributed by atoms with Crippen molar-refractivity contribution in [2.45, 2.75) is 51.9 Å². The molecule has 2 aliphatic rings. The molecule has 2 aliphatic heterocycles. The number of likely N-dealkylation sites (tertiary alicyclic amines) is 2. The van der Waals surface area contributed by atoms with Crippen molar-refractivity contribution < 1.29 is 14.5 Å². The molecule has 1 N–H and O–H groups in total. The van der Waals surface area contributed by atoms with Gasteiger partial charge in [-0.2, -0.15) is 0 Å². The van der Waals surface area contributed by atoms with E-state index in [2.05, 4.69) is 15.1 Å². The van der Waals surface area contributed by atoms with Gasteiger partial charge in [0.25, 0.3) is 5.69 Å². The Hall–Kier alpha value is -2.48. The molecule has 0 radical (unpaired) electrons. The number of nitro groups is 1. The summed E-state index contributed by atoms with van der Waals surface area (Å²) in [5.41, 5.74) is 1.29. The average Bonchev–Trinajstić information content (AvgIpc) is 3.03. The van der Waals surface area contributed by atoms with Gasteiger partial charge in [-0.25, -0.2) is 0 Å². The first kappa shape index (κ1) is 22.2. The van der Waals surface area contributed by atoms with Crippen molar-refractivity contribution in [3.8, 4) is 0 Å². The average molecular weight is 417 g/mol. The summed E-state index contributed by atoms with van der Waals surface area (Å²) in [5.74, 6) is 0.341. The predicted octanol–water partition coefficient (Wildman–Crippen LogP) is 3.35. The van der Waals surface area contributed by atoms with Crippen LogP contribution in [0.5, 0.6) is 0 Å². The maximum Gasteiger partial charge on any atom is 0.269 e. The Bertz CT molecular complexity index is 766. The fourth-order valence-electron chi connectivity index (χ4n) is 4.33. The van der Waals surface area contributed by atoms with E-state index in [9.17, 15) is 19.7 Å². The topological polar surface area (TPSA) is 95.8 Å². The van der Waals surface area contributed by atoms with Crippen LogP contribution in [0.1, 0.15) is 50.5 Å². The van der Waals surface area contributed by atoms with E-state index in [0.29, 0.717) is 30.1 Å². The lowest BCUT2D eigenvalue weighted by Gasteiger charge is -2.33. The fourth-order valence-corrected chi connectivity index (χ4v) is 4.33. The Kier molecular flexibility index (Phi) is 7.79. The van der Waals surface area contributed by atoms with Crippen LogP contribution in [0.2, 0.25) is 0 Å². The molecule has 2 saturated heterocycles. The van der Waals surface area contributed by atoms with Crippen molar-refractivity contribution in [2.75, 3.05) is 38.0 Å². The number of hydrogen-bond donors (Lipinski definition) is 1. The van der Waals surface area contributed by atoms with E-state index in [0.717, 1.165) is 51.9 Å². The Balaban J connectivity index is 1.40. The zero-order chi connectivity index (χ0) is 21.5. The number of anilines is 1. The third-order valence-corrected chi connectivity index (χ3v) is 6.20. The first-order valence-corrected chi connectivity index (χ1v) is 11.0. The maximum atomic E-state index is 12.8. The van der Waals surface area contributed by atoms with Gasteiger partial charge in [-0.3, -0.25) is 19.7 Å². The summed E-state index contributed by atoms with van der Waals surface area (Å²) in [6.07, 6.45) is 6.77. The fraction of sp³-hybridized carbons (Fsp3) is 0.636. The molecule has 0 saturated carbocycles. The Labute approximate surface area is 177 Å². The molecule has 8 nitrogen and oxygen atoms in total. The standard InChI is InChI=1S/C22H32N4O4/c1-17-16-19(26(29)30)6-7-20(17)23-21(27)10-15-24-13-8-18(9-14-24)22(28)25-11-4-2-3-5-12-25/h6-7,16,18H,2-5,8-15H2,1H3,(H,23,27). The second-order valence-electron chi connectivity index (χ2n) is 8.41. The molecule has 0 atom stereocenters. The van der Waals surface area contributed by atoms with Crippen molar-refractivity contribution in [1.82, 2.24) is 9.80 Å². The minimum Gasteiger partial charge on any atom is -0.342 e. The van der Waals surface area contributed by atoms with Crippen molar-refractivity contribution in [3.05, 3.63) is 33.9 Å². The number of carbonyl (C=O) groups excluding carboxylic acids is 2. The zero-order valence-electron chi connectivity index (χ0n) is 17.8. The molecule has 0 spiro atoms. The molecule has 2 fully saturated rings. The van der Waals surface area contributed by atoms with Crippen LogP contribution in [0, 0.1) is 23.0 Å². The third kappa shape index (κ3) is 6.01. The Morgan fingerprint density at radius 1 is 1.10 bits per heavy atom. The van der Waals surface area contributed by atoms with Crippen LogP contribution in [0.3, 0.4) is 0 Å². The van der Waals surface area contributed by atoms with E-state index in [1.54, 1.807) is 13.0 Å². The number of rotatable bonds is 6. The first-order valence-electron chi connectivity index (χ1n) is 11.0. The highest BCUT2D eigenvalue weighted by Gasteiger charge is 2.28. The summed E-state index contributed by atoms with van der Waals surface area (Å²) < 4.78 is 0. The molecule has 0 aliphatic carbocycles.